The van der Waals surface area contributed by atoms with Crippen LogP contribution in [-0.4, -0.2) is 18.1 Å². The number of benzene rings is 1. The summed E-state index contributed by atoms with van der Waals surface area (Å²) >= 11 is 0. The molecule has 1 heterocycles. The second-order valence-corrected chi connectivity index (χ2v) is 5.52. The zero-order valence-corrected chi connectivity index (χ0v) is 12.6. The molecule has 0 unspecified atom stereocenters. The van der Waals surface area contributed by atoms with E-state index >= 15 is 0 Å². The van der Waals surface area contributed by atoms with Crippen molar-refractivity contribution in [2.45, 2.75) is 12.8 Å². The number of rotatable bonds is 4. The van der Waals surface area contributed by atoms with Crippen LogP contribution < -0.4 is 0 Å². The highest BCUT2D eigenvalue weighted by Crippen LogP contribution is 2.41. The van der Waals surface area contributed by atoms with E-state index in [4.69, 9.17) is 0 Å². The van der Waals surface area contributed by atoms with Crippen LogP contribution in [0.5, 0.6) is 0 Å². The van der Waals surface area contributed by atoms with Gasteiger partial charge in [0.05, 0.1) is 18.4 Å². The molecule has 0 radical (unpaired) electrons. The van der Waals surface area contributed by atoms with Gasteiger partial charge in [-0.2, -0.15) is 0 Å². The normalized spacial score (nSPS) is 13.7. The Morgan fingerprint density at radius 2 is 1.91 bits per heavy atom. The number of nitrogens with zero attached hydrogens (tertiary/aromatic N) is 1. The fourth-order valence-electron chi connectivity index (χ4n) is 2.39. The summed E-state index contributed by atoms with van der Waals surface area (Å²) in [6, 6.07) is 6.65. The fraction of sp³-hybridized carbons (Fsp3) is 0.222. The molecule has 0 spiro atoms. The van der Waals surface area contributed by atoms with Gasteiger partial charge in [0.2, 0.25) is 0 Å². The number of carbonyl (C=O) groups is 1. The second-order valence-electron chi connectivity index (χ2n) is 5.52. The van der Waals surface area contributed by atoms with Crippen molar-refractivity contribution in [2.24, 2.45) is 5.92 Å². The molecule has 0 N–H and O–H groups in total. The van der Waals surface area contributed by atoms with E-state index in [1.807, 2.05) is 0 Å². The molecule has 0 aliphatic heterocycles. The van der Waals surface area contributed by atoms with Crippen LogP contribution in [0.1, 0.15) is 28.9 Å². The standard InChI is InChI=1S/C18H15F2NO2/c1-10(11-3-4-11)15-9-14(18(22)23-2)16(20)17(21-15)12-5-7-13(19)8-6-12/h5-9,11H,1,3-4H2,2H3. The lowest BCUT2D eigenvalue weighted by Gasteiger charge is -2.11. The summed E-state index contributed by atoms with van der Waals surface area (Å²) < 4.78 is 32.4. The molecule has 1 saturated carbocycles. The van der Waals surface area contributed by atoms with Gasteiger partial charge in [-0.3, -0.25) is 0 Å². The fourth-order valence-corrected chi connectivity index (χ4v) is 2.39. The third-order valence-corrected chi connectivity index (χ3v) is 3.88. The summed E-state index contributed by atoms with van der Waals surface area (Å²) in [5.41, 5.74) is 1.43. The lowest BCUT2D eigenvalue weighted by molar-refractivity contribution is 0.0595. The van der Waals surface area contributed by atoms with E-state index in [1.54, 1.807) is 0 Å². The van der Waals surface area contributed by atoms with Crippen LogP contribution in [0.3, 0.4) is 0 Å². The summed E-state index contributed by atoms with van der Waals surface area (Å²) in [6.07, 6.45) is 2.02. The number of allylic oxidation sites excluding steroid dienone is 1. The number of esters is 1. The van der Waals surface area contributed by atoms with Crippen molar-refractivity contribution in [1.29, 1.82) is 0 Å². The van der Waals surface area contributed by atoms with E-state index in [-0.39, 0.29) is 11.3 Å². The van der Waals surface area contributed by atoms with E-state index in [9.17, 15) is 13.6 Å². The summed E-state index contributed by atoms with van der Waals surface area (Å²) in [5.74, 6) is -1.67. The molecular weight excluding hydrogens is 300 g/mol. The van der Waals surface area contributed by atoms with Gasteiger partial charge >= 0.3 is 5.97 Å². The Bertz CT molecular complexity index is 780. The van der Waals surface area contributed by atoms with Crippen LogP contribution in [0.2, 0.25) is 0 Å². The molecule has 2 aromatic rings. The molecule has 0 bridgehead atoms. The molecule has 0 atom stereocenters. The molecule has 1 aliphatic rings. The zero-order chi connectivity index (χ0) is 16.6. The monoisotopic (exact) mass is 315 g/mol. The summed E-state index contributed by atoms with van der Waals surface area (Å²) in [6.45, 7) is 3.99. The minimum Gasteiger partial charge on any atom is -0.465 e. The van der Waals surface area contributed by atoms with Crippen LogP contribution in [0.15, 0.2) is 36.9 Å². The number of methoxy groups -OCH3 is 1. The molecule has 1 aromatic heterocycles. The molecule has 23 heavy (non-hydrogen) atoms. The number of halogens is 2. The maximum absolute atomic E-state index is 14.7. The molecule has 118 valence electrons. The van der Waals surface area contributed by atoms with E-state index in [0.717, 1.165) is 18.4 Å². The van der Waals surface area contributed by atoms with Crippen molar-refractivity contribution in [1.82, 2.24) is 4.98 Å². The predicted molar refractivity (Wildman–Crippen MR) is 82.7 cm³/mol. The Labute approximate surface area is 132 Å². The number of pyridine rings is 1. The Hall–Kier alpha value is -2.56. The molecule has 5 heteroatoms. The third kappa shape index (κ3) is 2.99. The molecule has 1 fully saturated rings. The van der Waals surface area contributed by atoms with Crippen molar-refractivity contribution < 1.29 is 18.3 Å². The number of hydrogen-bond donors (Lipinski definition) is 0. The van der Waals surface area contributed by atoms with Crippen LogP contribution in [0.25, 0.3) is 16.8 Å². The first-order chi connectivity index (χ1) is 11.0. The molecule has 0 saturated heterocycles. The molecule has 1 aromatic carbocycles. The van der Waals surface area contributed by atoms with Crippen molar-refractivity contribution in [3.63, 3.8) is 0 Å². The molecule has 1 aliphatic carbocycles. The van der Waals surface area contributed by atoms with E-state index in [0.29, 0.717) is 17.2 Å². The van der Waals surface area contributed by atoms with Crippen LogP contribution in [-0.2, 0) is 4.74 Å². The first-order valence-electron chi connectivity index (χ1n) is 7.25. The minimum atomic E-state index is -0.782. The van der Waals surface area contributed by atoms with Gasteiger partial charge in [0.1, 0.15) is 11.5 Å². The van der Waals surface area contributed by atoms with Gasteiger partial charge in [0.15, 0.2) is 5.82 Å². The lowest BCUT2D eigenvalue weighted by atomic mass is 10.0. The van der Waals surface area contributed by atoms with Gasteiger partial charge in [-0.1, -0.05) is 6.58 Å². The number of aromatic nitrogens is 1. The van der Waals surface area contributed by atoms with Gasteiger partial charge in [-0.15, -0.1) is 0 Å². The first kappa shape index (κ1) is 15.3. The van der Waals surface area contributed by atoms with Crippen LogP contribution >= 0.6 is 0 Å². The Morgan fingerprint density at radius 3 is 2.48 bits per heavy atom. The first-order valence-corrected chi connectivity index (χ1v) is 7.25. The molecule has 3 rings (SSSR count). The third-order valence-electron chi connectivity index (χ3n) is 3.88. The number of hydrogen-bond acceptors (Lipinski definition) is 3. The number of ether oxygens (including phenoxy) is 1. The van der Waals surface area contributed by atoms with Gasteiger partial charge in [0, 0.05) is 5.56 Å². The summed E-state index contributed by atoms with van der Waals surface area (Å²) in [5, 5.41) is 0. The molecule has 3 nitrogen and oxygen atoms in total. The van der Waals surface area contributed by atoms with Crippen molar-refractivity contribution in [3.05, 3.63) is 59.8 Å². The highest BCUT2D eigenvalue weighted by Gasteiger charge is 2.28. The largest absolute Gasteiger partial charge is 0.465 e. The van der Waals surface area contributed by atoms with Gasteiger partial charge < -0.3 is 4.74 Å². The quantitative estimate of drug-likeness (QED) is 0.792. The van der Waals surface area contributed by atoms with Crippen LogP contribution in [0, 0.1) is 17.6 Å². The zero-order valence-electron chi connectivity index (χ0n) is 12.6. The number of carbonyl (C=O) groups excluding carboxylic acids is 1. The van der Waals surface area contributed by atoms with Gasteiger partial charge in [0.25, 0.3) is 0 Å². The SMILES string of the molecule is C=C(c1cc(C(=O)OC)c(F)c(-c2ccc(F)cc2)n1)C1CC1. The summed E-state index contributed by atoms with van der Waals surface area (Å²) in [4.78, 5) is 16.2. The van der Waals surface area contributed by atoms with Crippen LogP contribution in [0.4, 0.5) is 8.78 Å². The van der Waals surface area contributed by atoms with E-state index in [2.05, 4.69) is 16.3 Å². The van der Waals surface area contributed by atoms with Gasteiger partial charge in [-0.05, 0) is 54.7 Å². The van der Waals surface area contributed by atoms with E-state index in [1.165, 1.54) is 37.4 Å². The average molecular weight is 315 g/mol. The van der Waals surface area contributed by atoms with E-state index < -0.39 is 17.6 Å². The average Bonchev–Trinajstić information content (AvgIpc) is 3.39. The highest BCUT2D eigenvalue weighted by molar-refractivity contribution is 5.92. The minimum absolute atomic E-state index is 0.00954. The van der Waals surface area contributed by atoms with Gasteiger partial charge in [-0.25, -0.2) is 18.6 Å². The molecular formula is C18H15F2NO2. The second kappa shape index (κ2) is 5.91. The van der Waals surface area contributed by atoms with Crippen molar-refractivity contribution >= 4 is 11.5 Å². The molecule has 0 amide bonds. The topological polar surface area (TPSA) is 39.2 Å². The Kier molecular flexibility index (Phi) is 3.94. The van der Waals surface area contributed by atoms with Crippen molar-refractivity contribution in [3.8, 4) is 11.3 Å². The summed E-state index contributed by atoms with van der Waals surface area (Å²) in [7, 11) is 1.19. The van der Waals surface area contributed by atoms with Crippen molar-refractivity contribution in [2.75, 3.05) is 7.11 Å². The smallest absolute Gasteiger partial charge is 0.341 e. The maximum atomic E-state index is 14.7. The Morgan fingerprint density at radius 1 is 1.26 bits per heavy atom. The predicted octanol–water partition coefficient (Wildman–Crippen LogP) is 4.24. The highest BCUT2D eigenvalue weighted by atomic mass is 19.1. The maximum Gasteiger partial charge on any atom is 0.341 e. The Balaban J connectivity index is 2.16. The lowest BCUT2D eigenvalue weighted by Crippen LogP contribution is -2.09.